The minimum atomic E-state index is 0.00907. The van der Waals surface area contributed by atoms with Crippen LogP contribution in [0, 0.1) is 4.64 Å². The molecule has 14 heavy (non-hydrogen) atoms. The molecule has 0 bridgehead atoms. The number of aromatic nitrogens is 2. The van der Waals surface area contributed by atoms with Gasteiger partial charge in [0, 0.05) is 13.3 Å². The van der Waals surface area contributed by atoms with Crippen LogP contribution in [0.25, 0.3) is 0 Å². The minimum absolute atomic E-state index is 0.00907. The maximum Gasteiger partial charge on any atom is 0.136 e. The summed E-state index contributed by atoms with van der Waals surface area (Å²) in [5, 5.41) is 0. The molecule has 0 spiro atoms. The normalized spacial score (nSPS) is 12.8. The van der Waals surface area contributed by atoms with Crippen molar-refractivity contribution in [2.24, 2.45) is 0 Å². The highest BCUT2D eigenvalue weighted by atomic mass is 79.9. The van der Waals surface area contributed by atoms with E-state index in [1.807, 2.05) is 0 Å². The van der Waals surface area contributed by atoms with Crippen LogP contribution in [0.4, 0.5) is 0 Å². The van der Waals surface area contributed by atoms with Gasteiger partial charge in [0.1, 0.15) is 16.6 Å². The van der Waals surface area contributed by atoms with E-state index in [0.717, 1.165) is 23.1 Å². The summed E-state index contributed by atoms with van der Waals surface area (Å²) in [6.45, 7) is 2.11. The Balaban J connectivity index is 2.93. The average Bonchev–Trinajstić information content (AvgIpc) is 2.19. The summed E-state index contributed by atoms with van der Waals surface area (Å²) in [6.07, 6.45) is 3.71. The molecule has 78 valence electrons. The molecule has 1 aromatic rings. The molecular weight excluding hydrogens is 264 g/mol. The highest BCUT2D eigenvalue weighted by Crippen LogP contribution is 2.19. The molecule has 0 saturated heterocycles. The topological polar surface area (TPSA) is 37.9 Å². The average molecular weight is 277 g/mol. The van der Waals surface area contributed by atoms with Crippen LogP contribution in [-0.2, 0) is 4.74 Å². The van der Waals surface area contributed by atoms with E-state index in [2.05, 4.69) is 32.8 Å². The van der Waals surface area contributed by atoms with Gasteiger partial charge in [-0.15, -0.1) is 0 Å². The number of ether oxygens (including phenoxy) is 1. The van der Waals surface area contributed by atoms with Gasteiger partial charge in [0.15, 0.2) is 0 Å². The molecule has 1 aromatic heterocycles. The molecule has 1 N–H and O–H groups in total. The number of nitrogens with one attached hydrogen (secondary N) is 1. The highest BCUT2D eigenvalue weighted by Gasteiger charge is 2.11. The second kappa shape index (κ2) is 5.58. The Hall–Kier alpha value is -0.260. The van der Waals surface area contributed by atoms with Crippen LogP contribution in [0.15, 0.2) is 10.7 Å². The fourth-order valence-electron chi connectivity index (χ4n) is 1.19. The van der Waals surface area contributed by atoms with E-state index in [1.165, 1.54) is 0 Å². The lowest BCUT2D eigenvalue weighted by atomic mass is 10.2. The van der Waals surface area contributed by atoms with Gasteiger partial charge >= 0.3 is 0 Å². The van der Waals surface area contributed by atoms with Crippen molar-refractivity contribution in [2.75, 3.05) is 7.11 Å². The molecular formula is C9H13BrN2OS. The Bertz CT molecular complexity index is 353. The van der Waals surface area contributed by atoms with E-state index in [1.54, 1.807) is 13.3 Å². The first-order chi connectivity index (χ1) is 6.69. The third kappa shape index (κ3) is 2.87. The Kier molecular flexibility index (Phi) is 4.71. The zero-order valence-corrected chi connectivity index (χ0v) is 10.6. The molecule has 1 atom stereocenters. The van der Waals surface area contributed by atoms with Crippen molar-refractivity contribution in [3.63, 3.8) is 0 Å². The van der Waals surface area contributed by atoms with Gasteiger partial charge in [-0.05, 0) is 22.4 Å². The summed E-state index contributed by atoms with van der Waals surface area (Å²) >= 11 is 8.39. The van der Waals surface area contributed by atoms with Gasteiger partial charge in [-0.25, -0.2) is 4.98 Å². The van der Waals surface area contributed by atoms with Gasteiger partial charge in [0.05, 0.1) is 4.47 Å². The van der Waals surface area contributed by atoms with Crippen molar-refractivity contribution in [1.29, 1.82) is 0 Å². The number of hydrogen-bond acceptors (Lipinski definition) is 3. The maximum atomic E-state index is 5.32. The zero-order valence-electron chi connectivity index (χ0n) is 8.21. The number of H-pyrrole nitrogens is 1. The standard InChI is InChI=1S/C9H13BrN2OS/c1-3-4-7(13-2)8-11-5-6(10)9(14)12-8/h5,7H,3-4H2,1-2H3,(H,11,12,14). The summed E-state index contributed by atoms with van der Waals surface area (Å²) in [4.78, 5) is 7.28. The van der Waals surface area contributed by atoms with Crippen LogP contribution in [0.5, 0.6) is 0 Å². The number of aromatic amines is 1. The molecule has 0 aliphatic heterocycles. The van der Waals surface area contributed by atoms with Gasteiger partial charge in [-0.2, -0.15) is 0 Å². The van der Waals surface area contributed by atoms with Crippen molar-refractivity contribution in [2.45, 2.75) is 25.9 Å². The van der Waals surface area contributed by atoms with Crippen molar-refractivity contribution >= 4 is 28.1 Å². The fraction of sp³-hybridized carbons (Fsp3) is 0.556. The Morgan fingerprint density at radius 3 is 2.93 bits per heavy atom. The van der Waals surface area contributed by atoms with Gasteiger partial charge in [-0.1, -0.05) is 25.6 Å². The monoisotopic (exact) mass is 276 g/mol. The first kappa shape index (κ1) is 11.8. The maximum absolute atomic E-state index is 5.32. The Morgan fingerprint density at radius 2 is 2.43 bits per heavy atom. The number of rotatable bonds is 4. The van der Waals surface area contributed by atoms with Crippen LogP contribution in [0.1, 0.15) is 31.7 Å². The van der Waals surface area contributed by atoms with Crippen LogP contribution in [-0.4, -0.2) is 17.1 Å². The van der Waals surface area contributed by atoms with Crippen LogP contribution in [0.3, 0.4) is 0 Å². The lowest BCUT2D eigenvalue weighted by Crippen LogP contribution is -2.06. The molecule has 5 heteroatoms. The van der Waals surface area contributed by atoms with Crippen LogP contribution < -0.4 is 0 Å². The van der Waals surface area contributed by atoms with Crippen molar-refractivity contribution in [3.8, 4) is 0 Å². The largest absolute Gasteiger partial charge is 0.374 e. The van der Waals surface area contributed by atoms with E-state index in [0.29, 0.717) is 4.64 Å². The van der Waals surface area contributed by atoms with Gasteiger partial charge < -0.3 is 9.72 Å². The predicted octanol–water partition coefficient (Wildman–Crippen LogP) is 3.39. The second-order valence-corrected chi connectivity index (χ2v) is 4.22. The number of hydrogen-bond donors (Lipinski definition) is 1. The third-order valence-electron chi connectivity index (χ3n) is 1.92. The molecule has 0 saturated carbocycles. The SMILES string of the molecule is CCCC(OC)c1ncc(Br)c(=S)[nH]1. The molecule has 1 unspecified atom stereocenters. The Labute approximate surface area is 97.0 Å². The third-order valence-corrected chi connectivity index (χ3v) is 3.10. The van der Waals surface area contributed by atoms with Crippen molar-refractivity contribution < 1.29 is 4.74 Å². The molecule has 0 aliphatic carbocycles. The molecule has 1 heterocycles. The number of halogens is 1. The second-order valence-electron chi connectivity index (χ2n) is 2.96. The molecule has 0 aromatic carbocycles. The predicted molar refractivity (Wildman–Crippen MR) is 61.8 cm³/mol. The lowest BCUT2D eigenvalue weighted by molar-refractivity contribution is 0.0874. The van der Waals surface area contributed by atoms with Crippen molar-refractivity contribution in [1.82, 2.24) is 9.97 Å². The summed E-state index contributed by atoms with van der Waals surface area (Å²) in [5.41, 5.74) is 0. The first-order valence-corrected chi connectivity index (χ1v) is 5.66. The van der Waals surface area contributed by atoms with E-state index in [9.17, 15) is 0 Å². The highest BCUT2D eigenvalue weighted by molar-refractivity contribution is 9.10. The Morgan fingerprint density at radius 1 is 1.71 bits per heavy atom. The van der Waals surface area contributed by atoms with E-state index in [-0.39, 0.29) is 6.10 Å². The number of nitrogens with zero attached hydrogens (tertiary/aromatic N) is 1. The first-order valence-electron chi connectivity index (χ1n) is 4.46. The minimum Gasteiger partial charge on any atom is -0.374 e. The summed E-state index contributed by atoms with van der Waals surface area (Å²) in [5.74, 6) is 0.794. The lowest BCUT2D eigenvalue weighted by Gasteiger charge is -2.13. The zero-order chi connectivity index (χ0) is 10.6. The van der Waals surface area contributed by atoms with Crippen LogP contribution >= 0.6 is 28.1 Å². The van der Waals surface area contributed by atoms with Crippen LogP contribution in [0.2, 0.25) is 0 Å². The van der Waals surface area contributed by atoms with Gasteiger partial charge in [0.2, 0.25) is 0 Å². The molecule has 0 radical (unpaired) electrons. The van der Waals surface area contributed by atoms with Gasteiger partial charge in [-0.3, -0.25) is 0 Å². The molecule has 3 nitrogen and oxygen atoms in total. The van der Waals surface area contributed by atoms with Gasteiger partial charge in [0.25, 0.3) is 0 Å². The fourth-order valence-corrected chi connectivity index (χ4v) is 1.54. The van der Waals surface area contributed by atoms with Crippen molar-refractivity contribution in [3.05, 3.63) is 21.1 Å². The summed E-state index contributed by atoms with van der Waals surface area (Å²) in [7, 11) is 1.68. The van der Waals surface area contributed by atoms with E-state index < -0.39 is 0 Å². The van der Waals surface area contributed by atoms with E-state index in [4.69, 9.17) is 17.0 Å². The molecule has 0 amide bonds. The summed E-state index contributed by atoms with van der Waals surface area (Å²) < 4.78 is 6.78. The molecule has 0 fully saturated rings. The van der Waals surface area contributed by atoms with E-state index >= 15 is 0 Å². The number of methoxy groups -OCH3 is 1. The molecule has 0 aliphatic rings. The quantitative estimate of drug-likeness (QED) is 0.857. The summed E-state index contributed by atoms with van der Waals surface area (Å²) in [6, 6.07) is 0. The smallest absolute Gasteiger partial charge is 0.136 e. The molecule has 1 rings (SSSR count).